The van der Waals surface area contributed by atoms with Crippen LogP contribution in [0.2, 0.25) is 0 Å². The van der Waals surface area contributed by atoms with Gasteiger partial charge < -0.3 is 5.73 Å². The third-order valence-corrected chi connectivity index (χ3v) is 2.69. The first-order valence-corrected chi connectivity index (χ1v) is 4.96. The summed E-state index contributed by atoms with van der Waals surface area (Å²) in [5.74, 6) is -1.21. The van der Waals surface area contributed by atoms with E-state index in [-0.39, 0.29) is 9.13 Å². The number of hydrogen-bond acceptors (Lipinski definition) is 2. The van der Waals surface area contributed by atoms with Crippen molar-refractivity contribution >= 4 is 28.5 Å². The molecule has 0 unspecified atom stereocenters. The standard InChI is InChI=1S/C9H4F3IN2O/c10-9(11,12)6-2-7(13)4(3-14)1-5(6)8(15)16/h1-2H,(H2,15,16). The summed E-state index contributed by atoms with van der Waals surface area (Å²) in [4.78, 5) is 10.9. The number of primary amides is 1. The maximum absolute atomic E-state index is 12.5. The molecule has 0 aromatic heterocycles. The average Bonchev–Trinajstić information content (AvgIpc) is 2.15. The molecule has 0 saturated carbocycles. The zero-order valence-electron chi connectivity index (χ0n) is 7.60. The molecular formula is C9H4F3IN2O. The van der Waals surface area contributed by atoms with E-state index in [1.54, 1.807) is 28.7 Å². The highest BCUT2D eigenvalue weighted by Crippen LogP contribution is 2.33. The van der Waals surface area contributed by atoms with Crippen molar-refractivity contribution in [2.45, 2.75) is 6.18 Å². The Hall–Kier alpha value is -1.30. The van der Waals surface area contributed by atoms with E-state index in [0.29, 0.717) is 0 Å². The Labute approximate surface area is 102 Å². The predicted molar refractivity (Wildman–Crippen MR) is 57.4 cm³/mol. The van der Waals surface area contributed by atoms with Crippen LogP contribution in [-0.4, -0.2) is 5.91 Å². The molecule has 3 nitrogen and oxygen atoms in total. The lowest BCUT2D eigenvalue weighted by Crippen LogP contribution is -2.19. The summed E-state index contributed by atoms with van der Waals surface area (Å²) < 4.78 is 37.7. The van der Waals surface area contributed by atoms with Crippen LogP contribution in [0.1, 0.15) is 21.5 Å². The number of nitrogens with zero attached hydrogens (tertiary/aromatic N) is 1. The molecule has 0 aliphatic rings. The number of amides is 1. The fourth-order valence-corrected chi connectivity index (χ4v) is 1.69. The molecule has 0 aliphatic heterocycles. The van der Waals surface area contributed by atoms with Gasteiger partial charge in [0.15, 0.2) is 0 Å². The summed E-state index contributed by atoms with van der Waals surface area (Å²) >= 11 is 1.59. The Kier molecular flexibility index (Phi) is 3.42. The van der Waals surface area contributed by atoms with Crippen LogP contribution in [0.4, 0.5) is 13.2 Å². The Morgan fingerprint density at radius 1 is 1.44 bits per heavy atom. The van der Waals surface area contributed by atoms with Crippen molar-refractivity contribution in [1.82, 2.24) is 0 Å². The molecule has 7 heteroatoms. The fourth-order valence-electron chi connectivity index (χ4n) is 1.10. The average molecular weight is 340 g/mol. The van der Waals surface area contributed by atoms with Crippen LogP contribution in [0.5, 0.6) is 0 Å². The maximum Gasteiger partial charge on any atom is 0.417 e. The number of carbonyl (C=O) groups excluding carboxylic acids is 1. The molecule has 0 atom stereocenters. The molecule has 0 heterocycles. The van der Waals surface area contributed by atoms with E-state index in [1.807, 2.05) is 0 Å². The SMILES string of the molecule is N#Cc1cc(C(N)=O)c(C(F)(F)F)cc1I. The van der Waals surface area contributed by atoms with Crippen LogP contribution < -0.4 is 5.73 Å². The number of carbonyl (C=O) groups is 1. The third-order valence-electron chi connectivity index (χ3n) is 1.80. The molecule has 1 aromatic rings. The first-order valence-electron chi connectivity index (χ1n) is 3.88. The highest BCUT2D eigenvalue weighted by atomic mass is 127. The first-order chi connectivity index (χ1) is 7.27. The number of halogens is 4. The first kappa shape index (κ1) is 12.8. The van der Waals surface area contributed by atoms with E-state index in [1.165, 1.54) is 0 Å². The lowest BCUT2D eigenvalue weighted by molar-refractivity contribution is -0.138. The number of nitriles is 1. The molecule has 0 spiro atoms. The van der Waals surface area contributed by atoms with Gasteiger partial charge in [0.05, 0.1) is 16.7 Å². The van der Waals surface area contributed by atoms with E-state index in [0.717, 1.165) is 12.1 Å². The second-order valence-electron chi connectivity index (χ2n) is 2.85. The molecule has 1 amide bonds. The van der Waals surface area contributed by atoms with Gasteiger partial charge in [-0.1, -0.05) is 0 Å². The highest BCUT2D eigenvalue weighted by molar-refractivity contribution is 14.1. The van der Waals surface area contributed by atoms with Gasteiger partial charge in [0.25, 0.3) is 0 Å². The number of rotatable bonds is 1. The van der Waals surface area contributed by atoms with Crippen molar-refractivity contribution in [1.29, 1.82) is 5.26 Å². The van der Waals surface area contributed by atoms with Crippen LogP contribution in [0.15, 0.2) is 12.1 Å². The van der Waals surface area contributed by atoms with Crippen molar-refractivity contribution in [2.24, 2.45) is 5.73 Å². The fraction of sp³-hybridized carbons (Fsp3) is 0.111. The zero-order chi connectivity index (χ0) is 12.5. The molecule has 1 aromatic carbocycles. The second-order valence-corrected chi connectivity index (χ2v) is 4.01. The maximum atomic E-state index is 12.5. The monoisotopic (exact) mass is 340 g/mol. The lowest BCUT2D eigenvalue weighted by atomic mass is 10.0. The molecule has 0 radical (unpaired) electrons. The molecule has 0 aliphatic carbocycles. The predicted octanol–water partition coefficient (Wildman–Crippen LogP) is 2.28. The Morgan fingerprint density at radius 2 is 2.00 bits per heavy atom. The molecule has 16 heavy (non-hydrogen) atoms. The minimum absolute atomic E-state index is 0.0117. The van der Waals surface area contributed by atoms with Crippen molar-refractivity contribution in [3.8, 4) is 6.07 Å². The Balaban J connectivity index is 3.57. The molecule has 1 rings (SSSR count). The minimum Gasteiger partial charge on any atom is -0.366 e. The van der Waals surface area contributed by atoms with E-state index in [4.69, 9.17) is 11.0 Å². The van der Waals surface area contributed by atoms with Gasteiger partial charge in [-0.2, -0.15) is 18.4 Å². The lowest BCUT2D eigenvalue weighted by Gasteiger charge is -2.11. The quantitative estimate of drug-likeness (QED) is 0.797. The van der Waals surface area contributed by atoms with Gasteiger partial charge in [-0.25, -0.2) is 0 Å². The number of nitrogens with two attached hydrogens (primary N) is 1. The zero-order valence-corrected chi connectivity index (χ0v) is 9.76. The van der Waals surface area contributed by atoms with E-state index in [9.17, 15) is 18.0 Å². The van der Waals surface area contributed by atoms with Crippen molar-refractivity contribution in [2.75, 3.05) is 0 Å². The molecule has 0 saturated heterocycles. The minimum atomic E-state index is -4.67. The van der Waals surface area contributed by atoms with Gasteiger partial charge in [-0.05, 0) is 34.7 Å². The number of hydrogen-bond donors (Lipinski definition) is 1. The van der Waals surface area contributed by atoms with Gasteiger partial charge in [0.2, 0.25) is 5.91 Å². The molecule has 0 bridgehead atoms. The number of benzene rings is 1. The van der Waals surface area contributed by atoms with E-state index >= 15 is 0 Å². The third kappa shape index (κ3) is 2.44. The van der Waals surface area contributed by atoms with Crippen molar-refractivity contribution < 1.29 is 18.0 Å². The molecular weight excluding hydrogens is 336 g/mol. The van der Waals surface area contributed by atoms with Gasteiger partial charge >= 0.3 is 6.18 Å². The molecule has 2 N–H and O–H groups in total. The van der Waals surface area contributed by atoms with E-state index in [2.05, 4.69) is 0 Å². The smallest absolute Gasteiger partial charge is 0.366 e. The van der Waals surface area contributed by atoms with Crippen molar-refractivity contribution in [3.63, 3.8) is 0 Å². The van der Waals surface area contributed by atoms with Gasteiger partial charge in [0.1, 0.15) is 6.07 Å². The van der Waals surface area contributed by atoms with Gasteiger partial charge in [-0.15, -0.1) is 0 Å². The molecule has 84 valence electrons. The second kappa shape index (κ2) is 4.29. The van der Waals surface area contributed by atoms with Crippen LogP contribution in [-0.2, 0) is 6.18 Å². The highest BCUT2D eigenvalue weighted by Gasteiger charge is 2.35. The van der Waals surface area contributed by atoms with Gasteiger partial charge in [-0.3, -0.25) is 4.79 Å². The van der Waals surface area contributed by atoms with Crippen LogP contribution in [0, 0.1) is 14.9 Å². The van der Waals surface area contributed by atoms with Crippen LogP contribution in [0.25, 0.3) is 0 Å². The van der Waals surface area contributed by atoms with Gasteiger partial charge in [0, 0.05) is 3.57 Å². The van der Waals surface area contributed by atoms with Crippen LogP contribution >= 0.6 is 22.6 Å². The Morgan fingerprint density at radius 3 is 2.38 bits per heavy atom. The summed E-state index contributed by atoms with van der Waals surface area (Å²) in [6, 6.07) is 3.28. The summed E-state index contributed by atoms with van der Waals surface area (Å²) in [7, 11) is 0. The topological polar surface area (TPSA) is 66.9 Å². The summed E-state index contributed by atoms with van der Waals surface area (Å²) in [5.41, 5.74) is 3.01. The summed E-state index contributed by atoms with van der Waals surface area (Å²) in [5, 5.41) is 8.63. The molecule has 0 fully saturated rings. The summed E-state index contributed by atoms with van der Waals surface area (Å²) in [6.45, 7) is 0. The van der Waals surface area contributed by atoms with Crippen molar-refractivity contribution in [3.05, 3.63) is 32.4 Å². The number of alkyl halides is 3. The largest absolute Gasteiger partial charge is 0.417 e. The normalized spacial score (nSPS) is 10.9. The van der Waals surface area contributed by atoms with Crippen LogP contribution in [0.3, 0.4) is 0 Å². The Bertz CT molecular complexity index is 491. The van der Waals surface area contributed by atoms with E-state index < -0.39 is 23.2 Å². The summed E-state index contributed by atoms with van der Waals surface area (Å²) in [6.07, 6.45) is -4.67.